The molecule has 4 rings (SSSR count). The number of aromatic hydroxyl groups is 3. The Balaban J connectivity index is 1.96. The Kier molecular flexibility index (Phi) is 6.75. The highest BCUT2D eigenvalue weighted by Gasteiger charge is 2.48. The standard InChI is InChI=1S/C23H22O14/c1-33-11-3-7(4-12(34-2)14(11)26)19-20(15(27)13-9(25)5-8(24)6-10(13)35-19)36-23-18(30)16(28)17(29)21(37-23)22(31)32/h3-6,16-18,21,23-26,28-30H,1-2H3,(H,31,32)/t16-,17-,18+,21-,23+/m0/s1. The molecular weight excluding hydrogens is 500 g/mol. The maximum Gasteiger partial charge on any atom is 0.335 e. The number of phenolic OH excluding ortho intramolecular Hbond substituents is 3. The fraction of sp³-hybridized carbons (Fsp3) is 0.304. The number of carboxylic acid groups (broad SMARTS) is 1. The number of aliphatic hydroxyl groups is 3. The van der Waals surface area contributed by atoms with E-state index in [-0.39, 0.29) is 28.4 Å². The van der Waals surface area contributed by atoms with Crippen LogP contribution in [0.25, 0.3) is 22.3 Å². The summed E-state index contributed by atoms with van der Waals surface area (Å²) in [6.07, 6.45) is -10.1. The first-order valence-electron chi connectivity index (χ1n) is 10.6. The fourth-order valence-corrected chi connectivity index (χ4v) is 3.86. The normalized spacial score (nSPS) is 23.5. The van der Waals surface area contributed by atoms with Crippen LogP contribution >= 0.6 is 0 Å². The molecule has 0 radical (unpaired) electrons. The largest absolute Gasteiger partial charge is 0.508 e. The van der Waals surface area contributed by atoms with Gasteiger partial charge in [-0.25, -0.2) is 4.79 Å². The molecule has 3 aromatic rings. The molecule has 1 aliphatic rings. The Labute approximate surface area is 206 Å². The molecule has 1 fully saturated rings. The van der Waals surface area contributed by atoms with E-state index in [1.54, 1.807) is 0 Å². The van der Waals surface area contributed by atoms with Crippen molar-refractivity contribution in [3.8, 4) is 45.8 Å². The van der Waals surface area contributed by atoms with Crippen LogP contribution in [-0.2, 0) is 9.53 Å². The van der Waals surface area contributed by atoms with E-state index in [1.165, 1.54) is 26.4 Å². The molecule has 5 atom stereocenters. The van der Waals surface area contributed by atoms with Crippen LogP contribution in [0.15, 0.2) is 33.5 Å². The van der Waals surface area contributed by atoms with Crippen molar-refractivity contribution in [2.24, 2.45) is 0 Å². The van der Waals surface area contributed by atoms with Gasteiger partial charge in [0.25, 0.3) is 0 Å². The third kappa shape index (κ3) is 4.42. The Hall–Kier alpha value is -4.24. The highest BCUT2D eigenvalue weighted by atomic mass is 16.7. The zero-order chi connectivity index (χ0) is 27.2. The van der Waals surface area contributed by atoms with Gasteiger partial charge in [-0.05, 0) is 12.1 Å². The average molecular weight is 522 g/mol. The number of aliphatic carboxylic acids is 1. The number of methoxy groups -OCH3 is 2. The Morgan fingerprint density at radius 2 is 1.54 bits per heavy atom. The van der Waals surface area contributed by atoms with Gasteiger partial charge >= 0.3 is 5.97 Å². The lowest BCUT2D eigenvalue weighted by Crippen LogP contribution is -2.61. The van der Waals surface area contributed by atoms with Crippen molar-refractivity contribution in [1.29, 1.82) is 0 Å². The van der Waals surface area contributed by atoms with Gasteiger partial charge in [0.05, 0.1) is 14.2 Å². The van der Waals surface area contributed by atoms with E-state index in [1.807, 2.05) is 0 Å². The van der Waals surface area contributed by atoms with E-state index in [2.05, 4.69) is 0 Å². The van der Waals surface area contributed by atoms with Crippen molar-refractivity contribution in [2.45, 2.75) is 30.7 Å². The quantitative estimate of drug-likeness (QED) is 0.224. The van der Waals surface area contributed by atoms with E-state index in [9.17, 15) is 45.3 Å². The molecule has 14 heteroatoms. The van der Waals surface area contributed by atoms with Gasteiger partial charge in [-0.15, -0.1) is 0 Å². The van der Waals surface area contributed by atoms with Gasteiger partial charge in [-0.2, -0.15) is 0 Å². The number of hydrogen-bond donors (Lipinski definition) is 7. The number of benzene rings is 2. The number of phenols is 3. The molecule has 37 heavy (non-hydrogen) atoms. The van der Waals surface area contributed by atoms with Crippen molar-refractivity contribution in [3.63, 3.8) is 0 Å². The van der Waals surface area contributed by atoms with Crippen molar-refractivity contribution in [1.82, 2.24) is 0 Å². The fourth-order valence-electron chi connectivity index (χ4n) is 3.86. The molecule has 0 aliphatic carbocycles. The summed E-state index contributed by atoms with van der Waals surface area (Å²) in [7, 11) is 2.49. The van der Waals surface area contributed by atoms with E-state index < -0.39 is 70.5 Å². The molecule has 0 bridgehead atoms. The maximum atomic E-state index is 13.5. The number of rotatable bonds is 6. The monoisotopic (exact) mass is 522 g/mol. The molecule has 1 aromatic heterocycles. The van der Waals surface area contributed by atoms with Crippen LogP contribution in [0.3, 0.4) is 0 Å². The van der Waals surface area contributed by atoms with Gasteiger partial charge in [0.1, 0.15) is 40.8 Å². The molecule has 2 heterocycles. The molecule has 7 N–H and O–H groups in total. The zero-order valence-electron chi connectivity index (χ0n) is 19.2. The molecule has 0 saturated carbocycles. The summed E-state index contributed by atoms with van der Waals surface area (Å²) in [5, 5.41) is 69.7. The molecule has 14 nitrogen and oxygen atoms in total. The minimum atomic E-state index is -2.03. The maximum absolute atomic E-state index is 13.5. The van der Waals surface area contributed by atoms with Crippen LogP contribution in [0.1, 0.15) is 0 Å². The lowest BCUT2D eigenvalue weighted by Gasteiger charge is -2.38. The van der Waals surface area contributed by atoms with Crippen LogP contribution in [0, 0.1) is 0 Å². The van der Waals surface area contributed by atoms with Gasteiger partial charge < -0.3 is 59.1 Å². The second kappa shape index (κ2) is 9.67. The Morgan fingerprint density at radius 3 is 2.11 bits per heavy atom. The first-order chi connectivity index (χ1) is 17.5. The first-order valence-corrected chi connectivity index (χ1v) is 10.6. The minimum Gasteiger partial charge on any atom is -0.508 e. The summed E-state index contributed by atoms with van der Waals surface area (Å²) in [6, 6.07) is 4.36. The smallest absolute Gasteiger partial charge is 0.335 e. The zero-order valence-corrected chi connectivity index (χ0v) is 19.2. The molecule has 0 unspecified atom stereocenters. The van der Waals surface area contributed by atoms with E-state index in [4.69, 9.17) is 23.4 Å². The van der Waals surface area contributed by atoms with Crippen LogP contribution < -0.4 is 19.6 Å². The summed E-state index contributed by atoms with van der Waals surface area (Å²) in [4.78, 5) is 24.9. The van der Waals surface area contributed by atoms with Crippen LogP contribution in [0.4, 0.5) is 0 Å². The van der Waals surface area contributed by atoms with Crippen molar-refractivity contribution in [3.05, 3.63) is 34.5 Å². The number of carbonyl (C=O) groups is 1. The van der Waals surface area contributed by atoms with Crippen LogP contribution in [0.2, 0.25) is 0 Å². The number of aliphatic hydroxyl groups excluding tert-OH is 3. The topological polar surface area (TPSA) is 226 Å². The predicted octanol–water partition coefficient (Wildman–Crippen LogP) is -0.135. The molecule has 198 valence electrons. The second-order valence-corrected chi connectivity index (χ2v) is 8.01. The van der Waals surface area contributed by atoms with Crippen molar-refractivity contribution < 1.29 is 63.9 Å². The SMILES string of the molecule is COc1cc(-c2oc3cc(O)cc(O)c3c(=O)c2O[C@@H]2O[C@H](C(=O)O)[C@@H](O)[C@H](O)[C@H]2O)cc(OC)c1O. The lowest BCUT2D eigenvalue weighted by atomic mass is 9.99. The van der Waals surface area contributed by atoms with E-state index >= 15 is 0 Å². The number of ether oxygens (including phenoxy) is 4. The Morgan fingerprint density at radius 1 is 0.919 bits per heavy atom. The molecule has 1 saturated heterocycles. The molecule has 2 aromatic carbocycles. The predicted molar refractivity (Wildman–Crippen MR) is 121 cm³/mol. The molecule has 0 amide bonds. The molecule has 0 spiro atoms. The van der Waals surface area contributed by atoms with Crippen molar-refractivity contribution >= 4 is 16.9 Å². The van der Waals surface area contributed by atoms with Crippen LogP contribution in [-0.4, -0.2) is 86.6 Å². The highest BCUT2D eigenvalue weighted by Crippen LogP contribution is 2.44. The lowest BCUT2D eigenvalue weighted by molar-refractivity contribution is -0.271. The minimum absolute atomic E-state index is 0.00370. The third-order valence-electron chi connectivity index (χ3n) is 5.71. The first kappa shape index (κ1) is 25.8. The van der Waals surface area contributed by atoms with E-state index in [0.29, 0.717) is 0 Å². The van der Waals surface area contributed by atoms with Gasteiger partial charge in [-0.1, -0.05) is 0 Å². The van der Waals surface area contributed by atoms with Crippen LogP contribution in [0.5, 0.6) is 34.5 Å². The summed E-state index contributed by atoms with van der Waals surface area (Å²) in [6.45, 7) is 0. The third-order valence-corrected chi connectivity index (χ3v) is 5.71. The van der Waals surface area contributed by atoms with Gasteiger partial charge in [0.2, 0.25) is 23.2 Å². The highest BCUT2D eigenvalue weighted by molar-refractivity contribution is 5.88. The van der Waals surface area contributed by atoms with Gasteiger partial charge in [0, 0.05) is 17.7 Å². The summed E-state index contributed by atoms with van der Waals surface area (Å²) in [5.41, 5.74) is -1.33. The van der Waals surface area contributed by atoms with Gasteiger partial charge in [0.15, 0.2) is 23.4 Å². The van der Waals surface area contributed by atoms with Gasteiger partial charge in [-0.3, -0.25) is 4.79 Å². The number of fused-ring (bicyclic) bond motifs is 1. The molecule has 1 aliphatic heterocycles. The number of hydrogen-bond acceptors (Lipinski definition) is 13. The average Bonchev–Trinajstić information content (AvgIpc) is 2.85. The number of carboxylic acids is 1. The Bertz CT molecular complexity index is 1390. The van der Waals surface area contributed by atoms with E-state index in [0.717, 1.165) is 12.1 Å². The van der Waals surface area contributed by atoms with Crippen molar-refractivity contribution in [2.75, 3.05) is 14.2 Å². The summed E-state index contributed by atoms with van der Waals surface area (Å²) in [5.74, 6) is -4.55. The summed E-state index contributed by atoms with van der Waals surface area (Å²) < 4.78 is 26.6. The summed E-state index contributed by atoms with van der Waals surface area (Å²) >= 11 is 0. The molecular formula is C23H22O14. The second-order valence-electron chi connectivity index (χ2n) is 8.01.